The van der Waals surface area contributed by atoms with Gasteiger partial charge in [-0.15, -0.1) is 0 Å². The third kappa shape index (κ3) is 2.67. The Hall–Kier alpha value is -1.84. The van der Waals surface area contributed by atoms with Crippen molar-refractivity contribution in [2.75, 3.05) is 0 Å². The molecule has 0 bridgehead atoms. The van der Waals surface area contributed by atoms with Crippen LogP contribution in [0.1, 0.15) is 61.6 Å². The summed E-state index contributed by atoms with van der Waals surface area (Å²) in [5, 5.41) is 9.21. The lowest BCUT2D eigenvalue weighted by atomic mass is 10.0. The molecule has 1 saturated carbocycles. The lowest BCUT2D eigenvalue weighted by molar-refractivity contribution is 0.0697. The van der Waals surface area contributed by atoms with Gasteiger partial charge >= 0.3 is 5.97 Å². The van der Waals surface area contributed by atoms with Gasteiger partial charge < -0.3 is 9.67 Å². The Morgan fingerprint density at radius 2 is 2.10 bits per heavy atom. The largest absolute Gasteiger partial charge is 0.478 e. The number of nitrogens with zero attached hydrogens (tertiary/aromatic N) is 2. The Bertz CT molecular complexity index is 667. The smallest absolute Gasteiger partial charge is 0.335 e. The first-order valence-electron chi connectivity index (χ1n) is 7.87. The van der Waals surface area contributed by atoms with E-state index in [9.17, 15) is 9.90 Å². The van der Waals surface area contributed by atoms with Crippen LogP contribution in [0.3, 0.4) is 0 Å². The monoisotopic (exact) mass is 286 g/mol. The molecule has 1 fully saturated rings. The van der Waals surface area contributed by atoms with Crippen molar-refractivity contribution in [2.45, 2.75) is 52.0 Å². The van der Waals surface area contributed by atoms with Crippen LogP contribution >= 0.6 is 0 Å². The summed E-state index contributed by atoms with van der Waals surface area (Å²) < 4.78 is 2.27. The van der Waals surface area contributed by atoms with Crippen molar-refractivity contribution in [1.82, 2.24) is 9.55 Å². The fraction of sp³-hybridized carbons (Fsp3) is 0.529. The van der Waals surface area contributed by atoms with E-state index in [1.165, 1.54) is 12.8 Å². The van der Waals surface area contributed by atoms with Gasteiger partial charge in [0.15, 0.2) is 0 Å². The number of carboxylic acids is 1. The van der Waals surface area contributed by atoms with Crippen LogP contribution in [0.4, 0.5) is 0 Å². The van der Waals surface area contributed by atoms with Gasteiger partial charge in [-0.3, -0.25) is 0 Å². The molecule has 0 atom stereocenters. The normalized spacial score (nSPS) is 15.0. The summed E-state index contributed by atoms with van der Waals surface area (Å²) in [6.45, 7) is 5.37. The summed E-state index contributed by atoms with van der Waals surface area (Å²) in [5.74, 6) is 1.47. The van der Waals surface area contributed by atoms with Gasteiger partial charge in [0.05, 0.1) is 16.6 Å². The van der Waals surface area contributed by atoms with Crippen molar-refractivity contribution in [3.05, 3.63) is 29.6 Å². The molecule has 112 valence electrons. The van der Waals surface area contributed by atoms with E-state index in [2.05, 4.69) is 18.4 Å². The topological polar surface area (TPSA) is 55.1 Å². The highest BCUT2D eigenvalue weighted by Crippen LogP contribution is 2.41. The fourth-order valence-electron chi connectivity index (χ4n) is 2.92. The summed E-state index contributed by atoms with van der Waals surface area (Å²) in [6.07, 6.45) is 4.69. The summed E-state index contributed by atoms with van der Waals surface area (Å²) in [4.78, 5) is 16.0. The Morgan fingerprint density at radius 1 is 1.38 bits per heavy atom. The number of hydrogen-bond acceptors (Lipinski definition) is 2. The molecule has 1 aliphatic rings. The Labute approximate surface area is 124 Å². The number of aromatic carboxylic acids is 1. The van der Waals surface area contributed by atoms with E-state index in [1.807, 2.05) is 6.07 Å². The van der Waals surface area contributed by atoms with Gasteiger partial charge in [0.1, 0.15) is 5.82 Å². The van der Waals surface area contributed by atoms with Gasteiger partial charge in [-0.2, -0.15) is 0 Å². The van der Waals surface area contributed by atoms with Crippen molar-refractivity contribution < 1.29 is 9.90 Å². The molecule has 1 aromatic carbocycles. The first-order chi connectivity index (χ1) is 10.1. The fourth-order valence-corrected chi connectivity index (χ4v) is 2.92. The lowest BCUT2D eigenvalue weighted by Crippen LogP contribution is -2.12. The minimum absolute atomic E-state index is 0.343. The Morgan fingerprint density at radius 3 is 2.67 bits per heavy atom. The summed E-state index contributed by atoms with van der Waals surface area (Å²) in [5.41, 5.74) is 2.24. The molecule has 21 heavy (non-hydrogen) atoms. The van der Waals surface area contributed by atoms with Crippen LogP contribution in [0.15, 0.2) is 18.2 Å². The van der Waals surface area contributed by atoms with Gasteiger partial charge in [0.2, 0.25) is 0 Å². The number of hydrogen-bond donors (Lipinski definition) is 1. The predicted octanol–water partition coefficient (Wildman–Crippen LogP) is 4.05. The molecular formula is C17H22N2O2. The lowest BCUT2D eigenvalue weighted by Gasteiger charge is -2.16. The molecule has 0 radical (unpaired) electrons. The number of aromatic nitrogens is 2. The van der Waals surface area contributed by atoms with E-state index in [0.717, 1.165) is 36.2 Å². The second kappa shape index (κ2) is 5.51. The molecule has 1 N–H and O–H groups in total. The second-order valence-electron chi connectivity index (χ2n) is 6.05. The highest BCUT2D eigenvalue weighted by molar-refractivity contribution is 5.92. The average molecular weight is 286 g/mol. The standard InChI is InChI=1S/C17H22N2O2/c1-3-11(4-2)10-19-15-9-13(17(20)21)7-8-14(15)18-16(19)12-5-6-12/h7-9,11-12H,3-6,10H2,1-2H3,(H,20,21). The Kier molecular flexibility index (Phi) is 3.70. The molecule has 0 amide bonds. The van der Waals surface area contributed by atoms with Gasteiger partial charge in [-0.1, -0.05) is 26.7 Å². The maximum absolute atomic E-state index is 11.2. The number of carbonyl (C=O) groups is 1. The van der Waals surface area contributed by atoms with Gasteiger partial charge in [-0.05, 0) is 37.0 Å². The van der Waals surface area contributed by atoms with Crippen LogP contribution in [-0.4, -0.2) is 20.6 Å². The zero-order chi connectivity index (χ0) is 15.0. The second-order valence-corrected chi connectivity index (χ2v) is 6.05. The third-order valence-corrected chi connectivity index (χ3v) is 4.56. The molecule has 3 rings (SSSR count). The van der Waals surface area contributed by atoms with E-state index in [4.69, 9.17) is 4.98 Å². The molecule has 1 aliphatic carbocycles. The number of carboxylic acid groups (broad SMARTS) is 1. The maximum atomic E-state index is 11.2. The molecule has 0 saturated heterocycles. The summed E-state index contributed by atoms with van der Waals surface area (Å²) in [6, 6.07) is 5.27. The van der Waals surface area contributed by atoms with Gasteiger partial charge in [-0.25, -0.2) is 9.78 Å². The highest BCUT2D eigenvalue weighted by atomic mass is 16.4. The minimum atomic E-state index is -0.875. The van der Waals surface area contributed by atoms with Crippen molar-refractivity contribution in [3.8, 4) is 0 Å². The van der Waals surface area contributed by atoms with E-state index in [0.29, 0.717) is 17.4 Å². The van der Waals surface area contributed by atoms with Gasteiger partial charge in [0.25, 0.3) is 0 Å². The molecule has 4 nitrogen and oxygen atoms in total. The average Bonchev–Trinajstić information content (AvgIpc) is 3.27. The van der Waals surface area contributed by atoms with Crippen LogP contribution in [0.2, 0.25) is 0 Å². The molecule has 1 heterocycles. The maximum Gasteiger partial charge on any atom is 0.335 e. The zero-order valence-electron chi connectivity index (χ0n) is 12.7. The van der Waals surface area contributed by atoms with Crippen LogP contribution in [0, 0.1) is 5.92 Å². The predicted molar refractivity (Wildman–Crippen MR) is 82.7 cm³/mol. The van der Waals surface area contributed by atoms with Crippen molar-refractivity contribution >= 4 is 17.0 Å². The van der Waals surface area contributed by atoms with Crippen molar-refractivity contribution in [1.29, 1.82) is 0 Å². The summed E-state index contributed by atoms with van der Waals surface area (Å²) >= 11 is 0. The quantitative estimate of drug-likeness (QED) is 0.871. The molecule has 0 spiro atoms. The Balaban J connectivity index is 2.09. The van der Waals surface area contributed by atoms with Crippen molar-refractivity contribution in [3.63, 3.8) is 0 Å². The number of rotatable bonds is 6. The number of benzene rings is 1. The van der Waals surface area contributed by atoms with Crippen LogP contribution in [0.25, 0.3) is 11.0 Å². The molecule has 4 heteroatoms. The molecule has 1 aromatic heterocycles. The molecular weight excluding hydrogens is 264 g/mol. The zero-order valence-corrected chi connectivity index (χ0v) is 12.7. The highest BCUT2D eigenvalue weighted by Gasteiger charge is 2.30. The first kappa shape index (κ1) is 14.1. The van der Waals surface area contributed by atoms with Crippen LogP contribution in [0.5, 0.6) is 0 Å². The van der Waals surface area contributed by atoms with Crippen LogP contribution in [-0.2, 0) is 6.54 Å². The van der Waals surface area contributed by atoms with E-state index in [-0.39, 0.29) is 0 Å². The minimum Gasteiger partial charge on any atom is -0.478 e. The van der Waals surface area contributed by atoms with Crippen molar-refractivity contribution in [2.24, 2.45) is 5.92 Å². The van der Waals surface area contributed by atoms with Crippen LogP contribution < -0.4 is 0 Å². The third-order valence-electron chi connectivity index (χ3n) is 4.56. The van der Waals surface area contributed by atoms with Gasteiger partial charge in [0, 0.05) is 12.5 Å². The molecule has 2 aromatic rings. The van der Waals surface area contributed by atoms with E-state index >= 15 is 0 Å². The number of imidazole rings is 1. The SMILES string of the molecule is CCC(CC)Cn1c(C2CC2)nc2ccc(C(=O)O)cc21. The van der Waals surface area contributed by atoms with E-state index in [1.54, 1.807) is 12.1 Å². The number of fused-ring (bicyclic) bond motifs is 1. The first-order valence-corrected chi connectivity index (χ1v) is 7.87. The molecule has 0 unspecified atom stereocenters. The summed E-state index contributed by atoms with van der Waals surface area (Å²) in [7, 11) is 0. The molecule has 0 aliphatic heterocycles. The van der Waals surface area contributed by atoms with E-state index < -0.39 is 5.97 Å².